The van der Waals surface area contributed by atoms with Crippen molar-refractivity contribution in [2.45, 2.75) is 20.3 Å². The Hall–Kier alpha value is -1.52. The van der Waals surface area contributed by atoms with Crippen LogP contribution in [0.3, 0.4) is 0 Å². The summed E-state index contributed by atoms with van der Waals surface area (Å²) in [4.78, 5) is 0. The molecule has 0 aliphatic carbocycles. The van der Waals surface area contributed by atoms with Crippen LogP contribution in [0.25, 0.3) is 17.0 Å². The van der Waals surface area contributed by atoms with E-state index < -0.39 is 0 Å². The van der Waals surface area contributed by atoms with E-state index in [2.05, 4.69) is 29.1 Å². The van der Waals surface area contributed by atoms with Crippen molar-refractivity contribution in [1.82, 2.24) is 19.8 Å². The van der Waals surface area contributed by atoms with Crippen molar-refractivity contribution in [3.05, 3.63) is 40.0 Å². The van der Waals surface area contributed by atoms with Crippen molar-refractivity contribution in [3.63, 3.8) is 0 Å². The van der Waals surface area contributed by atoms with Crippen molar-refractivity contribution in [2.24, 2.45) is 5.92 Å². The van der Waals surface area contributed by atoms with Gasteiger partial charge in [-0.2, -0.15) is 0 Å². The number of halogens is 2. The monoisotopic (exact) mass is 308 g/mol. The summed E-state index contributed by atoms with van der Waals surface area (Å²) in [6.45, 7) is 4.36. The van der Waals surface area contributed by atoms with E-state index >= 15 is 0 Å². The number of benzene rings is 1. The number of fused-ring (bicyclic) bond motifs is 1. The Morgan fingerprint density at radius 1 is 1.15 bits per heavy atom. The van der Waals surface area contributed by atoms with Crippen LogP contribution in [0.1, 0.15) is 19.5 Å². The molecule has 0 amide bonds. The fourth-order valence-corrected chi connectivity index (χ4v) is 2.50. The molecule has 0 bridgehead atoms. The highest BCUT2D eigenvalue weighted by Crippen LogP contribution is 2.27. The molecule has 4 nitrogen and oxygen atoms in total. The van der Waals surface area contributed by atoms with Gasteiger partial charge in [-0.1, -0.05) is 37.0 Å². The van der Waals surface area contributed by atoms with E-state index in [9.17, 15) is 0 Å². The van der Waals surface area contributed by atoms with Gasteiger partial charge in [-0.15, -0.1) is 10.2 Å². The Labute approximate surface area is 126 Å². The van der Waals surface area contributed by atoms with E-state index in [1.807, 2.05) is 16.6 Å². The lowest BCUT2D eigenvalue weighted by Crippen LogP contribution is -1.97. The second kappa shape index (κ2) is 5.11. The minimum atomic E-state index is 0.509. The Morgan fingerprint density at radius 2 is 1.95 bits per heavy atom. The van der Waals surface area contributed by atoms with Crippen LogP contribution < -0.4 is 0 Å². The van der Waals surface area contributed by atoms with Crippen molar-refractivity contribution in [2.75, 3.05) is 0 Å². The molecule has 6 heteroatoms. The number of hydrogen-bond acceptors (Lipinski definition) is 2. The molecule has 3 aromatic rings. The average molecular weight is 309 g/mol. The third-order valence-corrected chi connectivity index (χ3v) is 3.79. The molecule has 0 radical (unpaired) electrons. The summed E-state index contributed by atoms with van der Waals surface area (Å²) in [6.07, 6.45) is 0.976. The first-order chi connectivity index (χ1) is 9.54. The van der Waals surface area contributed by atoms with Crippen LogP contribution >= 0.6 is 23.2 Å². The number of nitrogens with zero attached hydrogens (tertiary/aromatic N) is 3. The molecule has 3 rings (SSSR count). The summed E-state index contributed by atoms with van der Waals surface area (Å²) in [5, 5.41) is 12.7. The summed E-state index contributed by atoms with van der Waals surface area (Å²) in [5.41, 5.74) is 2.83. The van der Waals surface area contributed by atoms with E-state index in [1.165, 1.54) is 0 Å². The number of rotatable bonds is 3. The number of nitrogens with one attached hydrogen (secondary N) is 1. The SMILES string of the molecule is CC(C)Cc1cc2nnc(-c3ccc(Cl)c(Cl)c3)n2[nH]1. The fourth-order valence-electron chi connectivity index (χ4n) is 2.20. The molecule has 0 atom stereocenters. The summed E-state index contributed by atoms with van der Waals surface area (Å²) < 4.78 is 1.87. The number of aromatic amines is 1. The maximum atomic E-state index is 6.06. The van der Waals surface area contributed by atoms with Gasteiger partial charge >= 0.3 is 0 Å². The van der Waals surface area contributed by atoms with Crippen molar-refractivity contribution in [1.29, 1.82) is 0 Å². The second-order valence-corrected chi connectivity index (χ2v) is 6.04. The van der Waals surface area contributed by atoms with Crippen LogP contribution in [0.15, 0.2) is 24.3 Å². The van der Waals surface area contributed by atoms with Gasteiger partial charge in [0, 0.05) is 17.3 Å². The van der Waals surface area contributed by atoms with Gasteiger partial charge in [0.25, 0.3) is 0 Å². The highest BCUT2D eigenvalue weighted by Gasteiger charge is 2.12. The van der Waals surface area contributed by atoms with Gasteiger partial charge in [-0.25, -0.2) is 4.52 Å². The van der Waals surface area contributed by atoms with E-state index in [0.29, 0.717) is 16.0 Å². The number of H-pyrrole nitrogens is 1. The van der Waals surface area contributed by atoms with Crippen LogP contribution in [-0.4, -0.2) is 19.8 Å². The van der Waals surface area contributed by atoms with Crippen LogP contribution in [0, 0.1) is 5.92 Å². The topological polar surface area (TPSA) is 46.0 Å². The zero-order valence-corrected chi connectivity index (χ0v) is 12.7. The smallest absolute Gasteiger partial charge is 0.183 e. The molecule has 0 unspecified atom stereocenters. The Kier molecular flexibility index (Phi) is 3.44. The molecular formula is C14H14Cl2N4. The molecule has 0 saturated carbocycles. The summed E-state index contributed by atoms with van der Waals surface area (Å²) in [6, 6.07) is 7.46. The van der Waals surface area contributed by atoms with Gasteiger partial charge in [-0.05, 0) is 30.5 Å². The van der Waals surface area contributed by atoms with Crippen LogP contribution in [0.2, 0.25) is 10.0 Å². The molecular weight excluding hydrogens is 295 g/mol. The molecule has 2 aromatic heterocycles. The van der Waals surface area contributed by atoms with Crippen LogP contribution in [0.5, 0.6) is 0 Å². The minimum absolute atomic E-state index is 0.509. The van der Waals surface area contributed by atoms with E-state index in [0.717, 1.165) is 29.1 Å². The molecule has 0 aliphatic rings. The third kappa shape index (κ3) is 2.41. The van der Waals surface area contributed by atoms with Gasteiger partial charge in [0.1, 0.15) is 0 Å². The predicted molar refractivity (Wildman–Crippen MR) is 81.3 cm³/mol. The lowest BCUT2D eigenvalue weighted by Gasteiger charge is -2.02. The predicted octanol–water partition coefficient (Wildman–Crippen LogP) is 4.23. The Balaban J connectivity index is 2.06. The first-order valence-electron chi connectivity index (χ1n) is 6.43. The van der Waals surface area contributed by atoms with E-state index in [-0.39, 0.29) is 0 Å². The molecule has 2 heterocycles. The van der Waals surface area contributed by atoms with Gasteiger partial charge in [0.15, 0.2) is 11.5 Å². The van der Waals surface area contributed by atoms with Crippen molar-refractivity contribution >= 4 is 28.8 Å². The molecule has 0 aliphatic heterocycles. The average Bonchev–Trinajstić information content (AvgIpc) is 2.91. The molecule has 0 saturated heterocycles. The van der Waals surface area contributed by atoms with E-state index in [1.54, 1.807) is 12.1 Å². The van der Waals surface area contributed by atoms with Gasteiger partial charge < -0.3 is 0 Å². The Bertz CT molecular complexity index is 758. The normalized spacial score (nSPS) is 11.7. The molecule has 0 fully saturated rings. The highest BCUT2D eigenvalue weighted by atomic mass is 35.5. The molecule has 0 spiro atoms. The van der Waals surface area contributed by atoms with E-state index in [4.69, 9.17) is 23.2 Å². The highest BCUT2D eigenvalue weighted by molar-refractivity contribution is 6.42. The maximum absolute atomic E-state index is 6.06. The first-order valence-corrected chi connectivity index (χ1v) is 7.18. The molecule has 1 N–H and O–H groups in total. The molecule has 104 valence electrons. The Morgan fingerprint density at radius 3 is 2.65 bits per heavy atom. The minimum Gasteiger partial charge on any atom is -0.295 e. The number of aromatic nitrogens is 4. The van der Waals surface area contributed by atoms with Gasteiger partial charge in [-0.3, -0.25) is 5.10 Å². The summed E-state index contributed by atoms with van der Waals surface area (Å²) >= 11 is 12.0. The largest absolute Gasteiger partial charge is 0.295 e. The van der Waals surface area contributed by atoms with Crippen LogP contribution in [0.4, 0.5) is 0 Å². The van der Waals surface area contributed by atoms with Crippen molar-refractivity contribution < 1.29 is 0 Å². The maximum Gasteiger partial charge on any atom is 0.183 e. The molecule has 20 heavy (non-hydrogen) atoms. The zero-order chi connectivity index (χ0) is 14.3. The van der Waals surface area contributed by atoms with Gasteiger partial charge in [0.05, 0.1) is 10.0 Å². The lowest BCUT2D eigenvalue weighted by atomic mass is 10.1. The first kappa shape index (κ1) is 13.5. The standard InChI is InChI=1S/C14H14Cl2N4/c1-8(2)5-10-7-13-17-18-14(20(13)19-10)9-3-4-11(15)12(16)6-9/h3-4,6-8,19H,5H2,1-2H3. The molecule has 1 aromatic carbocycles. The van der Waals surface area contributed by atoms with Crippen molar-refractivity contribution in [3.8, 4) is 11.4 Å². The van der Waals surface area contributed by atoms with Crippen LogP contribution in [-0.2, 0) is 6.42 Å². The van der Waals surface area contributed by atoms with Gasteiger partial charge in [0.2, 0.25) is 0 Å². The fraction of sp³-hybridized carbons (Fsp3) is 0.286. The summed E-state index contributed by atoms with van der Waals surface area (Å²) in [5.74, 6) is 1.31. The second-order valence-electron chi connectivity index (χ2n) is 5.23. The lowest BCUT2D eigenvalue weighted by molar-refractivity contribution is 0.630. The quantitative estimate of drug-likeness (QED) is 0.787. The zero-order valence-electron chi connectivity index (χ0n) is 11.2. The third-order valence-electron chi connectivity index (χ3n) is 3.05. The number of hydrogen-bond donors (Lipinski definition) is 1. The summed E-state index contributed by atoms with van der Waals surface area (Å²) in [7, 11) is 0.